The molecular formula is C14H13BrN2O3S. The topological polar surface area (TPSA) is 69.6 Å². The third-order valence-corrected chi connectivity index (χ3v) is 4.32. The largest absolute Gasteiger partial charge is 0.478 e. The molecule has 2 rings (SSSR count). The number of carbonyl (C=O) groups excluding carboxylic acids is 1. The molecule has 1 aromatic carbocycles. The van der Waals surface area contributed by atoms with Crippen molar-refractivity contribution in [2.75, 3.05) is 12.4 Å². The zero-order chi connectivity index (χ0) is 15.4. The van der Waals surface area contributed by atoms with Crippen molar-refractivity contribution in [1.82, 2.24) is 4.90 Å². The number of nitrogens with zero attached hydrogens (tertiary/aromatic N) is 1. The Labute approximate surface area is 134 Å². The van der Waals surface area contributed by atoms with Crippen molar-refractivity contribution in [3.63, 3.8) is 0 Å². The molecule has 21 heavy (non-hydrogen) atoms. The van der Waals surface area contributed by atoms with E-state index in [2.05, 4.69) is 21.2 Å². The number of hydrogen-bond acceptors (Lipinski definition) is 3. The summed E-state index contributed by atoms with van der Waals surface area (Å²) in [5, 5.41) is 13.5. The van der Waals surface area contributed by atoms with Gasteiger partial charge in [-0.1, -0.05) is 0 Å². The summed E-state index contributed by atoms with van der Waals surface area (Å²) in [5.74, 6) is -0.993. The van der Waals surface area contributed by atoms with Crippen LogP contribution in [-0.4, -0.2) is 29.1 Å². The third-order valence-electron chi connectivity index (χ3n) is 2.77. The summed E-state index contributed by atoms with van der Waals surface area (Å²) in [7, 11) is 1.70. The number of benzene rings is 1. The molecule has 0 aliphatic heterocycles. The molecule has 0 spiro atoms. The Morgan fingerprint density at radius 2 is 2.00 bits per heavy atom. The number of hydrogen-bond donors (Lipinski definition) is 2. The summed E-state index contributed by atoms with van der Waals surface area (Å²) in [6.07, 6.45) is 0. The number of anilines is 1. The SMILES string of the molecule is CN(Cc1csc(Br)c1)C(=O)Nc1ccc(C(=O)O)cc1. The maximum absolute atomic E-state index is 12.0. The van der Waals surface area contributed by atoms with Crippen molar-refractivity contribution in [2.24, 2.45) is 0 Å². The maximum atomic E-state index is 12.0. The van der Waals surface area contributed by atoms with Gasteiger partial charge < -0.3 is 15.3 Å². The first-order valence-electron chi connectivity index (χ1n) is 6.04. The predicted molar refractivity (Wildman–Crippen MR) is 85.9 cm³/mol. The van der Waals surface area contributed by atoms with E-state index in [0.29, 0.717) is 12.2 Å². The Balaban J connectivity index is 1.95. The van der Waals surface area contributed by atoms with Gasteiger partial charge in [0, 0.05) is 19.3 Å². The van der Waals surface area contributed by atoms with Crippen molar-refractivity contribution in [1.29, 1.82) is 0 Å². The lowest BCUT2D eigenvalue weighted by molar-refractivity contribution is 0.0697. The Bertz CT molecular complexity index is 654. The second-order valence-corrected chi connectivity index (χ2v) is 6.72. The average molecular weight is 369 g/mol. The standard InChI is InChI=1S/C14H13BrN2O3S/c1-17(7-9-6-12(15)21-8-9)14(20)16-11-4-2-10(3-5-11)13(18)19/h2-6,8H,7H2,1H3,(H,16,20)(H,18,19). The van der Waals surface area contributed by atoms with Gasteiger partial charge in [0.25, 0.3) is 0 Å². The molecule has 0 bridgehead atoms. The van der Waals surface area contributed by atoms with Crippen LogP contribution in [0.15, 0.2) is 39.5 Å². The lowest BCUT2D eigenvalue weighted by Gasteiger charge is -2.17. The molecule has 7 heteroatoms. The highest BCUT2D eigenvalue weighted by Crippen LogP contribution is 2.21. The van der Waals surface area contributed by atoms with Crippen LogP contribution in [0, 0.1) is 0 Å². The van der Waals surface area contributed by atoms with E-state index in [1.807, 2.05) is 11.4 Å². The van der Waals surface area contributed by atoms with Crippen LogP contribution >= 0.6 is 27.3 Å². The number of aromatic carboxylic acids is 1. The van der Waals surface area contributed by atoms with Crippen LogP contribution in [-0.2, 0) is 6.54 Å². The second kappa shape index (κ2) is 6.73. The van der Waals surface area contributed by atoms with Gasteiger partial charge in [0.1, 0.15) is 0 Å². The number of halogens is 1. The molecule has 0 saturated carbocycles. The van der Waals surface area contributed by atoms with Gasteiger partial charge in [0.2, 0.25) is 0 Å². The van der Waals surface area contributed by atoms with Gasteiger partial charge in [-0.2, -0.15) is 0 Å². The van der Waals surface area contributed by atoms with E-state index < -0.39 is 5.97 Å². The molecule has 1 aromatic heterocycles. The van der Waals surface area contributed by atoms with Crippen LogP contribution in [0.5, 0.6) is 0 Å². The fourth-order valence-corrected chi connectivity index (χ4v) is 2.89. The van der Waals surface area contributed by atoms with Crippen molar-refractivity contribution in [2.45, 2.75) is 6.54 Å². The predicted octanol–water partition coefficient (Wildman–Crippen LogP) is 3.87. The van der Waals surface area contributed by atoms with Crippen molar-refractivity contribution >= 4 is 45.0 Å². The summed E-state index contributed by atoms with van der Waals surface area (Å²) in [4.78, 5) is 24.3. The number of urea groups is 1. The summed E-state index contributed by atoms with van der Waals surface area (Å²) in [6, 6.07) is 7.76. The summed E-state index contributed by atoms with van der Waals surface area (Å²) in [6.45, 7) is 0.501. The Kier molecular flexibility index (Phi) is 4.98. The van der Waals surface area contributed by atoms with Gasteiger partial charge >= 0.3 is 12.0 Å². The zero-order valence-corrected chi connectivity index (χ0v) is 13.6. The number of amides is 2. The molecule has 0 atom stereocenters. The van der Waals surface area contributed by atoms with Crippen molar-refractivity contribution < 1.29 is 14.7 Å². The first-order chi connectivity index (χ1) is 9.95. The molecule has 110 valence electrons. The van der Waals surface area contributed by atoms with Crippen molar-refractivity contribution in [3.05, 3.63) is 50.6 Å². The minimum Gasteiger partial charge on any atom is -0.478 e. The molecular weight excluding hydrogens is 356 g/mol. The first kappa shape index (κ1) is 15.5. The van der Waals surface area contributed by atoms with Gasteiger partial charge in [0.05, 0.1) is 9.35 Å². The number of carboxylic acid groups (broad SMARTS) is 1. The normalized spacial score (nSPS) is 10.2. The van der Waals surface area contributed by atoms with E-state index in [4.69, 9.17) is 5.11 Å². The van der Waals surface area contributed by atoms with Crippen LogP contribution in [0.1, 0.15) is 15.9 Å². The summed E-state index contributed by atoms with van der Waals surface area (Å²) in [5.41, 5.74) is 1.79. The monoisotopic (exact) mass is 368 g/mol. The van der Waals surface area contributed by atoms with E-state index in [-0.39, 0.29) is 11.6 Å². The smallest absolute Gasteiger partial charge is 0.335 e. The molecule has 1 heterocycles. The van der Waals surface area contributed by atoms with Crippen LogP contribution in [0.4, 0.5) is 10.5 Å². The number of carbonyl (C=O) groups is 2. The highest BCUT2D eigenvalue weighted by Gasteiger charge is 2.11. The van der Waals surface area contributed by atoms with Crippen LogP contribution in [0.25, 0.3) is 0 Å². The molecule has 2 N–H and O–H groups in total. The van der Waals surface area contributed by atoms with Gasteiger partial charge in [0.15, 0.2) is 0 Å². The fourth-order valence-electron chi connectivity index (χ4n) is 1.69. The van der Waals surface area contributed by atoms with Crippen LogP contribution in [0.3, 0.4) is 0 Å². The number of thiophene rings is 1. The molecule has 0 aliphatic rings. The van der Waals surface area contributed by atoms with Crippen molar-refractivity contribution in [3.8, 4) is 0 Å². The van der Waals surface area contributed by atoms with E-state index in [0.717, 1.165) is 9.35 Å². The summed E-state index contributed by atoms with van der Waals surface area (Å²) < 4.78 is 1.02. The lowest BCUT2D eigenvalue weighted by atomic mass is 10.2. The van der Waals surface area contributed by atoms with Crippen LogP contribution in [0.2, 0.25) is 0 Å². The molecule has 2 aromatic rings. The highest BCUT2D eigenvalue weighted by molar-refractivity contribution is 9.11. The Morgan fingerprint density at radius 3 is 2.52 bits per heavy atom. The molecule has 0 saturated heterocycles. The van der Waals surface area contributed by atoms with E-state index in [1.165, 1.54) is 12.1 Å². The molecule has 0 unspecified atom stereocenters. The van der Waals surface area contributed by atoms with E-state index in [9.17, 15) is 9.59 Å². The number of rotatable bonds is 4. The molecule has 0 aliphatic carbocycles. The Hall–Kier alpha value is -1.86. The van der Waals surface area contributed by atoms with Crippen LogP contribution < -0.4 is 5.32 Å². The minimum atomic E-state index is -0.993. The van der Waals surface area contributed by atoms with Gasteiger partial charge in [-0.15, -0.1) is 11.3 Å². The summed E-state index contributed by atoms with van der Waals surface area (Å²) >= 11 is 4.95. The number of carboxylic acids is 1. The number of nitrogens with one attached hydrogen (secondary N) is 1. The van der Waals surface area contributed by atoms with E-state index >= 15 is 0 Å². The molecule has 2 amide bonds. The maximum Gasteiger partial charge on any atom is 0.335 e. The zero-order valence-electron chi connectivity index (χ0n) is 11.2. The minimum absolute atomic E-state index is 0.185. The Morgan fingerprint density at radius 1 is 1.33 bits per heavy atom. The van der Waals surface area contributed by atoms with Gasteiger partial charge in [-0.3, -0.25) is 0 Å². The first-order valence-corrected chi connectivity index (χ1v) is 7.71. The molecule has 0 radical (unpaired) electrons. The molecule has 5 nitrogen and oxygen atoms in total. The molecule has 0 fully saturated rings. The lowest BCUT2D eigenvalue weighted by Crippen LogP contribution is -2.30. The fraction of sp³-hybridized carbons (Fsp3) is 0.143. The second-order valence-electron chi connectivity index (χ2n) is 4.43. The highest BCUT2D eigenvalue weighted by atomic mass is 79.9. The van der Waals surface area contributed by atoms with Gasteiger partial charge in [-0.25, -0.2) is 9.59 Å². The average Bonchev–Trinajstić information content (AvgIpc) is 2.84. The van der Waals surface area contributed by atoms with Gasteiger partial charge in [-0.05, 0) is 57.2 Å². The third kappa shape index (κ3) is 4.30. The quantitative estimate of drug-likeness (QED) is 0.860. The van der Waals surface area contributed by atoms with E-state index in [1.54, 1.807) is 35.4 Å².